The van der Waals surface area contributed by atoms with Crippen LogP contribution in [-0.4, -0.2) is 59.5 Å². The maximum atomic E-state index is 11.7. The lowest BCUT2D eigenvalue weighted by atomic mass is 10.1. The molecule has 0 spiro atoms. The Balaban J connectivity index is 2.94. The van der Waals surface area contributed by atoms with Crippen LogP contribution in [0.2, 0.25) is 0 Å². The van der Waals surface area contributed by atoms with Gasteiger partial charge in [0.05, 0.1) is 46.2 Å². The molecule has 0 heterocycles. The number of halogens is 1. The van der Waals surface area contributed by atoms with Crippen LogP contribution in [-0.2, 0) is 18.9 Å². The highest BCUT2D eigenvalue weighted by Crippen LogP contribution is 2.10. The van der Waals surface area contributed by atoms with Crippen molar-refractivity contribution in [1.29, 1.82) is 0 Å². The first kappa shape index (κ1) is 24.8. The van der Waals surface area contributed by atoms with E-state index in [1.54, 1.807) is 0 Å². The quantitative estimate of drug-likeness (QED) is 0.255. The van der Waals surface area contributed by atoms with E-state index in [1.807, 2.05) is 0 Å². The third kappa shape index (κ3) is 23.8. The van der Waals surface area contributed by atoms with Crippen molar-refractivity contribution < 1.29 is 23.3 Å². The molecule has 0 saturated carbocycles. The van der Waals surface area contributed by atoms with Gasteiger partial charge in [0.15, 0.2) is 0 Å². The zero-order valence-corrected chi connectivity index (χ0v) is 16.4. The van der Waals surface area contributed by atoms with E-state index in [4.69, 9.17) is 18.9 Å². The van der Waals surface area contributed by atoms with Crippen molar-refractivity contribution in [3.8, 4) is 0 Å². The Bertz CT molecular complexity index is 208. The molecule has 0 amide bonds. The molecule has 0 aromatic carbocycles. The number of hydrogen-bond acceptors (Lipinski definition) is 4. The minimum atomic E-state index is -0.442. The van der Waals surface area contributed by atoms with Crippen molar-refractivity contribution in [3.63, 3.8) is 0 Å². The van der Waals surface area contributed by atoms with E-state index in [-0.39, 0.29) is 6.61 Å². The Kier molecular flexibility index (Phi) is 23.6. The highest BCUT2D eigenvalue weighted by molar-refractivity contribution is 4.47. The van der Waals surface area contributed by atoms with Gasteiger partial charge in [-0.25, -0.2) is 4.39 Å². The van der Waals surface area contributed by atoms with E-state index in [9.17, 15) is 4.39 Å². The molecule has 0 aromatic rings. The summed E-state index contributed by atoms with van der Waals surface area (Å²) in [5.74, 6) is 0. The van der Waals surface area contributed by atoms with Gasteiger partial charge in [0.25, 0.3) is 0 Å². The largest absolute Gasteiger partial charge is 0.379 e. The van der Waals surface area contributed by atoms with E-state index in [0.29, 0.717) is 39.6 Å². The molecule has 0 radical (unpaired) electrons. The second kappa shape index (κ2) is 23.8. The molecule has 152 valence electrons. The Hall–Kier alpha value is -0.230. The van der Waals surface area contributed by atoms with Gasteiger partial charge in [-0.1, -0.05) is 64.7 Å². The van der Waals surface area contributed by atoms with Gasteiger partial charge in [-0.15, -0.1) is 0 Å². The SMILES string of the molecule is CCCCCCCCCCCCOCCOCCOCCOCCF. The lowest BCUT2D eigenvalue weighted by molar-refractivity contribution is -0.00328. The van der Waals surface area contributed by atoms with E-state index in [0.717, 1.165) is 13.0 Å². The number of unbranched alkanes of at least 4 members (excludes halogenated alkanes) is 9. The fourth-order valence-corrected chi connectivity index (χ4v) is 2.51. The van der Waals surface area contributed by atoms with Gasteiger partial charge < -0.3 is 18.9 Å². The average molecular weight is 365 g/mol. The van der Waals surface area contributed by atoms with Crippen LogP contribution in [0.15, 0.2) is 0 Å². The molecule has 0 fully saturated rings. The normalized spacial score (nSPS) is 11.3. The average Bonchev–Trinajstić information content (AvgIpc) is 2.63. The molecule has 0 aliphatic carbocycles. The summed E-state index contributed by atoms with van der Waals surface area (Å²) in [6, 6.07) is 0. The van der Waals surface area contributed by atoms with Crippen LogP contribution in [0.3, 0.4) is 0 Å². The number of rotatable bonds is 22. The van der Waals surface area contributed by atoms with Crippen LogP contribution in [0.1, 0.15) is 71.1 Å². The van der Waals surface area contributed by atoms with E-state index in [2.05, 4.69) is 6.92 Å². The molecule has 4 nitrogen and oxygen atoms in total. The highest BCUT2D eigenvalue weighted by atomic mass is 19.1. The third-order valence-corrected chi connectivity index (χ3v) is 3.98. The molecule has 0 unspecified atom stereocenters. The van der Waals surface area contributed by atoms with Crippen molar-refractivity contribution in [2.75, 3.05) is 59.5 Å². The Morgan fingerprint density at radius 2 is 0.800 bits per heavy atom. The molecular formula is C20H41FO4. The van der Waals surface area contributed by atoms with Crippen LogP contribution in [0.25, 0.3) is 0 Å². The summed E-state index contributed by atoms with van der Waals surface area (Å²) in [5, 5.41) is 0. The molecule has 0 aliphatic rings. The summed E-state index contributed by atoms with van der Waals surface area (Å²) in [6.07, 6.45) is 13.5. The van der Waals surface area contributed by atoms with Crippen molar-refractivity contribution >= 4 is 0 Å². The van der Waals surface area contributed by atoms with Crippen molar-refractivity contribution in [3.05, 3.63) is 0 Å². The monoisotopic (exact) mass is 364 g/mol. The zero-order chi connectivity index (χ0) is 18.3. The van der Waals surface area contributed by atoms with Crippen LogP contribution >= 0.6 is 0 Å². The molecule has 25 heavy (non-hydrogen) atoms. The Morgan fingerprint density at radius 3 is 1.24 bits per heavy atom. The van der Waals surface area contributed by atoms with E-state index < -0.39 is 6.67 Å². The van der Waals surface area contributed by atoms with Gasteiger partial charge in [0.2, 0.25) is 0 Å². The minimum Gasteiger partial charge on any atom is -0.379 e. The van der Waals surface area contributed by atoms with Crippen LogP contribution in [0.4, 0.5) is 4.39 Å². The van der Waals surface area contributed by atoms with Gasteiger partial charge in [-0.3, -0.25) is 0 Å². The van der Waals surface area contributed by atoms with E-state index in [1.165, 1.54) is 57.8 Å². The lowest BCUT2D eigenvalue weighted by Gasteiger charge is -2.07. The second-order valence-electron chi connectivity index (χ2n) is 6.32. The Morgan fingerprint density at radius 1 is 0.440 bits per heavy atom. The summed E-state index contributed by atoms with van der Waals surface area (Å²) in [4.78, 5) is 0. The van der Waals surface area contributed by atoms with Gasteiger partial charge >= 0.3 is 0 Å². The molecule has 0 rings (SSSR count). The van der Waals surface area contributed by atoms with Crippen molar-refractivity contribution in [2.45, 2.75) is 71.1 Å². The molecule has 0 atom stereocenters. The highest BCUT2D eigenvalue weighted by Gasteiger charge is 1.94. The fraction of sp³-hybridized carbons (Fsp3) is 1.00. The molecule has 5 heteroatoms. The first-order valence-electron chi connectivity index (χ1n) is 10.3. The molecule has 0 bridgehead atoms. The van der Waals surface area contributed by atoms with Gasteiger partial charge in [0.1, 0.15) is 6.67 Å². The van der Waals surface area contributed by atoms with Crippen molar-refractivity contribution in [1.82, 2.24) is 0 Å². The first-order chi connectivity index (χ1) is 12.4. The summed E-state index contributed by atoms with van der Waals surface area (Å²) < 4.78 is 32.9. The zero-order valence-electron chi connectivity index (χ0n) is 16.4. The number of ether oxygens (including phenoxy) is 4. The van der Waals surface area contributed by atoms with Crippen LogP contribution in [0.5, 0.6) is 0 Å². The van der Waals surface area contributed by atoms with Gasteiger partial charge in [-0.05, 0) is 6.42 Å². The third-order valence-electron chi connectivity index (χ3n) is 3.98. The van der Waals surface area contributed by atoms with Crippen LogP contribution in [0, 0.1) is 0 Å². The second-order valence-corrected chi connectivity index (χ2v) is 6.32. The molecule has 0 aliphatic heterocycles. The molecule has 0 N–H and O–H groups in total. The molecule has 0 aromatic heterocycles. The number of alkyl halides is 1. The topological polar surface area (TPSA) is 36.9 Å². The maximum Gasteiger partial charge on any atom is 0.113 e. The summed E-state index contributed by atoms with van der Waals surface area (Å²) in [5.41, 5.74) is 0. The van der Waals surface area contributed by atoms with E-state index >= 15 is 0 Å². The first-order valence-corrected chi connectivity index (χ1v) is 10.3. The van der Waals surface area contributed by atoms with Crippen LogP contribution < -0.4 is 0 Å². The lowest BCUT2D eigenvalue weighted by Crippen LogP contribution is -2.12. The standard InChI is InChI=1S/C20H41FO4/c1-2-3-4-5-6-7-8-9-10-11-13-22-15-17-24-19-20-25-18-16-23-14-12-21/h2-20H2,1H3. The smallest absolute Gasteiger partial charge is 0.113 e. The predicted molar refractivity (Wildman–Crippen MR) is 101 cm³/mol. The fourth-order valence-electron chi connectivity index (χ4n) is 2.51. The summed E-state index contributed by atoms with van der Waals surface area (Å²) >= 11 is 0. The minimum absolute atomic E-state index is 0.149. The van der Waals surface area contributed by atoms with Gasteiger partial charge in [-0.2, -0.15) is 0 Å². The summed E-state index contributed by atoms with van der Waals surface area (Å²) in [7, 11) is 0. The van der Waals surface area contributed by atoms with Crippen molar-refractivity contribution in [2.24, 2.45) is 0 Å². The summed E-state index contributed by atoms with van der Waals surface area (Å²) in [6.45, 7) is 6.09. The molecule has 0 saturated heterocycles. The molecular weight excluding hydrogens is 323 g/mol. The number of hydrogen-bond donors (Lipinski definition) is 0. The maximum absolute atomic E-state index is 11.7. The Labute approximate surface area is 154 Å². The van der Waals surface area contributed by atoms with Gasteiger partial charge in [0, 0.05) is 6.61 Å². The predicted octanol–water partition coefficient (Wildman–Crippen LogP) is 4.94.